The normalized spacial score (nSPS) is 13.2. The lowest BCUT2D eigenvalue weighted by Crippen LogP contribution is -2.31. The van der Waals surface area contributed by atoms with Gasteiger partial charge in [-0.25, -0.2) is 0 Å². The molecule has 0 spiro atoms. The molecule has 0 fully saturated rings. The topological polar surface area (TPSA) is 101 Å². The maximum atomic E-state index is 13.6. The van der Waals surface area contributed by atoms with Crippen LogP contribution in [0.1, 0.15) is 41.4 Å². The van der Waals surface area contributed by atoms with E-state index in [4.69, 9.17) is 9.15 Å². The molecular weight excluding hydrogens is 538 g/mol. The zero-order chi connectivity index (χ0) is 28.9. The van der Waals surface area contributed by atoms with E-state index in [0.29, 0.717) is 39.3 Å². The highest BCUT2D eigenvalue weighted by Gasteiger charge is 2.39. The second-order valence-electron chi connectivity index (χ2n) is 9.70. The number of hydrogen-bond donors (Lipinski definition) is 2. The molecule has 1 aliphatic rings. The number of furan rings is 1. The summed E-state index contributed by atoms with van der Waals surface area (Å²) in [6.07, 6.45) is 1.50. The van der Waals surface area contributed by atoms with Gasteiger partial charge in [0.1, 0.15) is 22.1 Å². The average molecular weight is 568 g/mol. The Morgan fingerprint density at radius 1 is 0.927 bits per heavy atom. The van der Waals surface area contributed by atoms with Crippen LogP contribution in [-0.4, -0.2) is 29.7 Å². The molecule has 0 unspecified atom stereocenters. The number of benzene rings is 3. The first kappa shape index (κ1) is 27.8. The van der Waals surface area contributed by atoms with Crippen molar-refractivity contribution in [3.05, 3.63) is 119 Å². The molecule has 9 heteroatoms. The third kappa shape index (κ3) is 6.36. The number of methoxy groups -OCH3 is 1. The first-order valence-corrected chi connectivity index (χ1v) is 13.9. The van der Waals surface area contributed by atoms with Crippen molar-refractivity contribution in [1.82, 2.24) is 4.90 Å². The Kier molecular flexibility index (Phi) is 8.26. The van der Waals surface area contributed by atoms with Crippen molar-refractivity contribution in [3.63, 3.8) is 0 Å². The van der Waals surface area contributed by atoms with Crippen LogP contribution in [0.15, 0.2) is 111 Å². The molecule has 0 saturated carbocycles. The van der Waals surface area contributed by atoms with E-state index in [0.717, 1.165) is 11.8 Å². The van der Waals surface area contributed by atoms with Gasteiger partial charge in [-0.05, 0) is 72.1 Å². The lowest BCUT2D eigenvalue weighted by atomic mass is 10.0. The molecule has 208 valence electrons. The van der Waals surface area contributed by atoms with Gasteiger partial charge in [-0.15, -0.1) is 0 Å². The number of hydrogen-bond acceptors (Lipinski definition) is 7. The Labute approximate surface area is 242 Å². The van der Waals surface area contributed by atoms with E-state index in [9.17, 15) is 14.4 Å². The molecule has 1 aromatic heterocycles. The third-order valence-electron chi connectivity index (χ3n) is 6.51. The highest BCUT2D eigenvalue weighted by molar-refractivity contribution is 8.04. The van der Waals surface area contributed by atoms with Gasteiger partial charge in [-0.3, -0.25) is 19.3 Å². The molecule has 41 heavy (non-hydrogen) atoms. The fourth-order valence-electron chi connectivity index (χ4n) is 4.28. The molecule has 0 atom stereocenters. The van der Waals surface area contributed by atoms with E-state index in [2.05, 4.69) is 24.5 Å². The van der Waals surface area contributed by atoms with Crippen molar-refractivity contribution in [2.75, 3.05) is 17.7 Å². The standard InChI is InChI=1S/C32H29N3O5S/c1-20(2)21-12-14-23(15-13-21)33-28-29(32(38)35(31(28)37)19-26-10-6-16-40-26)41-27-11-5-8-24(18-27)34-30(36)22-7-4-9-25(17-22)39-3/h4-18,20,33H,19H2,1-3H3,(H,34,36). The molecule has 0 saturated heterocycles. The summed E-state index contributed by atoms with van der Waals surface area (Å²) in [5.74, 6) is 0.281. The Bertz CT molecular complexity index is 1610. The van der Waals surface area contributed by atoms with Crippen LogP contribution < -0.4 is 15.4 Å². The number of nitrogens with zero attached hydrogens (tertiary/aromatic N) is 1. The van der Waals surface area contributed by atoms with Crippen molar-refractivity contribution in [2.45, 2.75) is 31.2 Å². The summed E-state index contributed by atoms with van der Waals surface area (Å²) in [5, 5.41) is 6.07. The summed E-state index contributed by atoms with van der Waals surface area (Å²) < 4.78 is 10.6. The van der Waals surface area contributed by atoms with Crippen LogP contribution in [0.25, 0.3) is 0 Å². The van der Waals surface area contributed by atoms with Crippen LogP contribution in [0.3, 0.4) is 0 Å². The zero-order valence-electron chi connectivity index (χ0n) is 22.8. The number of thioether (sulfide) groups is 1. The number of amides is 3. The first-order valence-electron chi connectivity index (χ1n) is 13.1. The maximum absolute atomic E-state index is 13.6. The molecule has 5 rings (SSSR count). The summed E-state index contributed by atoms with van der Waals surface area (Å²) in [6.45, 7) is 4.24. The number of imide groups is 1. The van der Waals surface area contributed by atoms with Crippen molar-refractivity contribution in [1.29, 1.82) is 0 Å². The molecular formula is C32H29N3O5S. The molecule has 1 aliphatic heterocycles. The Morgan fingerprint density at radius 3 is 2.41 bits per heavy atom. The Balaban J connectivity index is 1.41. The minimum Gasteiger partial charge on any atom is -0.497 e. The monoisotopic (exact) mass is 567 g/mol. The molecule has 3 aromatic carbocycles. The van der Waals surface area contributed by atoms with Gasteiger partial charge in [-0.1, -0.05) is 49.9 Å². The largest absolute Gasteiger partial charge is 0.497 e. The van der Waals surface area contributed by atoms with E-state index >= 15 is 0 Å². The van der Waals surface area contributed by atoms with Gasteiger partial charge in [0.05, 0.1) is 19.9 Å². The predicted octanol–water partition coefficient (Wildman–Crippen LogP) is 6.65. The van der Waals surface area contributed by atoms with E-state index in [-0.39, 0.29) is 23.1 Å². The molecule has 2 heterocycles. The van der Waals surface area contributed by atoms with Gasteiger partial charge in [0.15, 0.2) is 0 Å². The van der Waals surface area contributed by atoms with E-state index < -0.39 is 11.8 Å². The number of nitrogens with one attached hydrogen (secondary N) is 2. The van der Waals surface area contributed by atoms with Crippen LogP contribution in [0, 0.1) is 0 Å². The maximum Gasteiger partial charge on any atom is 0.278 e. The van der Waals surface area contributed by atoms with Crippen LogP contribution >= 0.6 is 11.8 Å². The first-order chi connectivity index (χ1) is 19.8. The van der Waals surface area contributed by atoms with Crippen LogP contribution in [0.4, 0.5) is 11.4 Å². The highest BCUT2D eigenvalue weighted by Crippen LogP contribution is 2.37. The molecule has 0 radical (unpaired) electrons. The second kappa shape index (κ2) is 12.2. The van der Waals surface area contributed by atoms with Gasteiger partial charge in [0.2, 0.25) is 0 Å². The second-order valence-corrected chi connectivity index (χ2v) is 10.8. The van der Waals surface area contributed by atoms with Crippen molar-refractivity contribution in [3.8, 4) is 5.75 Å². The van der Waals surface area contributed by atoms with Crippen molar-refractivity contribution < 1.29 is 23.5 Å². The SMILES string of the molecule is COc1cccc(C(=O)Nc2cccc(SC3=C(Nc4ccc(C(C)C)cc4)C(=O)N(Cc4ccco4)C3=O)c2)c1. The van der Waals surface area contributed by atoms with Crippen LogP contribution in [0.2, 0.25) is 0 Å². The number of carbonyl (C=O) groups excluding carboxylic acids is 3. The number of anilines is 2. The lowest BCUT2D eigenvalue weighted by Gasteiger charge is -2.14. The fourth-order valence-corrected chi connectivity index (χ4v) is 5.29. The summed E-state index contributed by atoms with van der Waals surface area (Å²) in [6, 6.07) is 25.2. The lowest BCUT2D eigenvalue weighted by molar-refractivity contribution is -0.138. The summed E-state index contributed by atoms with van der Waals surface area (Å²) in [5.41, 5.74) is 3.05. The van der Waals surface area contributed by atoms with Crippen LogP contribution in [0.5, 0.6) is 5.75 Å². The number of carbonyl (C=O) groups is 3. The van der Waals surface area contributed by atoms with E-state index in [1.807, 2.05) is 30.3 Å². The Hall–Kier alpha value is -4.76. The molecule has 8 nitrogen and oxygen atoms in total. The van der Waals surface area contributed by atoms with Gasteiger partial charge in [-0.2, -0.15) is 0 Å². The smallest absolute Gasteiger partial charge is 0.278 e. The number of rotatable bonds is 10. The average Bonchev–Trinajstić information content (AvgIpc) is 3.57. The number of ether oxygens (including phenoxy) is 1. The molecule has 0 bridgehead atoms. The minimum atomic E-state index is -0.440. The highest BCUT2D eigenvalue weighted by atomic mass is 32.2. The summed E-state index contributed by atoms with van der Waals surface area (Å²) in [7, 11) is 1.54. The summed E-state index contributed by atoms with van der Waals surface area (Å²) >= 11 is 1.16. The van der Waals surface area contributed by atoms with E-state index in [1.165, 1.54) is 16.7 Å². The molecule has 2 N–H and O–H groups in total. The van der Waals surface area contributed by atoms with Gasteiger partial charge in [0.25, 0.3) is 17.7 Å². The quantitative estimate of drug-likeness (QED) is 0.207. The molecule has 3 amide bonds. The fraction of sp³-hybridized carbons (Fsp3) is 0.156. The predicted molar refractivity (Wildman–Crippen MR) is 159 cm³/mol. The molecule has 4 aromatic rings. The molecule has 0 aliphatic carbocycles. The van der Waals surface area contributed by atoms with Gasteiger partial charge < -0.3 is 19.8 Å². The minimum absolute atomic E-state index is 0.0167. The van der Waals surface area contributed by atoms with Gasteiger partial charge >= 0.3 is 0 Å². The van der Waals surface area contributed by atoms with E-state index in [1.54, 1.807) is 61.7 Å². The van der Waals surface area contributed by atoms with Crippen molar-refractivity contribution >= 4 is 40.9 Å². The third-order valence-corrected chi connectivity index (χ3v) is 7.58. The Morgan fingerprint density at radius 2 is 1.71 bits per heavy atom. The zero-order valence-corrected chi connectivity index (χ0v) is 23.7. The summed E-state index contributed by atoms with van der Waals surface area (Å²) in [4.78, 5) is 42.0. The van der Waals surface area contributed by atoms with Crippen molar-refractivity contribution in [2.24, 2.45) is 0 Å². The van der Waals surface area contributed by atoms with Crippen LogP contribution in [-0.2, 0) is 16.1 Å². The van der Waals surface area contributed by atoms with Gasteiger partial charge in [0, 0.05) is 21.8 Å².